The first-order valence-corrected chi connectivity index (χ1v) is 11.9. The SMILES string of the molecule is CCOC(=O)C1=C(C)Nc2ccccc2N=C1NC(=O)c1cc(-c2ccco2)nc2c1cnn2C(C)C. The number of aromatic nitrogens is 3. The fourth-order valence-electron chi connectivity index (χ4n) is 4.15. The smallest absolute Gasteiger partial charge is 0.343 e. The zero-order valence-corrected chi connectivity index (χ0v) is 20.9. The van der Waals surface area contributed by atoms with Crippen LogP contribution in [0.3, 0.4) is 0 Å². The van der Waals surface area contributed by atoms with Gasteiger partial charge >= 0.3 is 5.97 Å². The molecule has 4 heterocycles. The summed E-state index contributed by atoms with van der Waals surface area (Å²) in [7, 11) is 0. The third kappa shape index (κ3) is 4.49. The molecule has 10 nitrogen and oxygen atoms in total. The first kappa shape index (κ1) is 24.0. The lowest BCUT2D eigenvalue weighted by molar-refractivity contribution is -0.137. The Kier molecular flexibility index (Phi) is 6.31. The summed E-state index contributed by atoms with van der Waals surface area (Å²) in [5.74, 6) is -0.473. The number of hydrogen-bond acceptors (Lipinski definition) is 8. The number of esters is 1. The number of pyridine rings is 1. The fourth-order valence-corrected chi connectivity index (χ4v) is 4.15. The highest BCUT2D eigenvalue weighted by Gasteiger charge is 2.28. The highest BCUT2D eigenvalue weighted by Crippen LogP contribution is 2.31. The van der Waals surface area contributed by atoms with Crippen molar-refractivity contribution in [1.82, 2.24) is 20.1 Å². The number of rotatable bonds is 5. The first-order valence-electron chi connectivity index (χ1n) is 11.9. The third-order valence-corrected chi connectivity index (χ3v) is 5.86. The van der Waals surface area contributed by atoms with Gasteiger partial charge in [0.2, 0.25) is 0 Å². The van der Waals surface area contributed by atoms with E-state index in [1.54, 1.807) is 55.3 Å². The van der Waals surface area contributed by atoms with Gasteiger partial charge in [-0.2, -0.15) is 5.10 Å². The van der Waals surface area contributed by atoms with Crippen molar-refractivity contribution >= 4 is 40.1 Å². The van der Waals surface area contributed by atoms with Crippen molar-refractivity contribution in [3.8, 4) is 11.5 Å². The van der Waals surface area contributed by atoms with Gasteiger partial charge in [0.15, 0.2) is 11.4 Å². The van der Waals surface area contributed by atoms with Crippen molar-refractivity contribution in [2.45, 2.75) is 33.7 Å². The molecule has 37 heavy (non-hydrogen) atoms. The number of hydrogen-bond donors (Lipinski definition) is 2. The van der Waals surface area contributed by atoms with Crippen molar-refractivity contribution in [2.24, 2.45) is 4.99 Å². The molecule has 1 aliphatic heterocycles. The van der Waals surface area contributed by atoms with E-state index < -0.39 is 11.9 Å². The number of carbonyl (C=O) groups excluding carboxylic acids is 2. The summed E-state index contributed by atoms with van der Waals surface area (Å²) in [5, 5.41) is 11.1. The van der Waals surface area contributed by atoms with Gasteiger partial charge in [0, 0.05) is 11.7 Å². The molecule has 3 aromatic heterocycles. The number of para-hydroxylation sites is 2. The maximum Gasteiger partial charge on any atom is 0.343 e. The van der Waals surface area contributed by atoms with Gasteiger partial charge < -0.3 is 19.8 Å². The molecule has 1 amide bonds. The molecule has 5 rings (SSSR count). The Balaban J connectivity index is 1.63. The molecule has 188 valence electrons. The molecule has 10 heteroatoms. The predicted molar refractivity (Wildman–Crippen MR) is 140 cm³/mol. The van der Waals surface area contributed by atoms with E-state index >= 15 is 0 Å². The van der Waals surface area contributed by atoms with E-state index in [4.69, 9.17) is 14.1 Å². The topological polar surface area (TPSA) is 124 Å². The maximum atomic E-state index is 13.8. The van der Waals surface area contributed by atoms with Gasteiger partial charge in [-0.1, -0.05) is 12.1 Å². The second kappa shape index (κ2) is 9.73. The summed E-state index contributed by atoms with van der Waals surface area (Å²) in [6.45, 7) is 7.60. The van der Waals surface area contributed by atoms with Gasteiger partial charge in [0.1, 0.15) is 17.1 Å². The van der Waals surface area contributed by atoms with E-state index in [2.05, 4.69) is 20.7 Å². The third-order valence-electron chi connectivity index (χ3n) is 5.86. The second-order valence-electron chi connectivity index (χ2n) is 8.73. The summed E-state index contributed by atoms with van der Waals surface area (Å²) < 4.78 is 12.6. The minimum absolute atomic E-state index is 0.0163. The molecule has 1 aromatic carbocycles. The number of carbonyl (C=O) groups is 2. The lowest BCUT2D eigenvalue weighted by Crippen LogP contribution is -2.35. The summed E-state index contributed by atoms with van der Waals surface area (Å²) in [6.07, 6.45) is 3.16. The van der Waals surface area contributed by atoms with Crippen molar-refractivity contribution in [3.05, 3.63) is 71.8 Å². The van der Waals surface area contributed by atoms with E-state index in [-0.39, 0.29) is 24.1 Å². The van der Waals surface area contributed by atoms with Crippen LogP contribution in [0, 0.1) is 0 Å². The normalized spacial score (nSPS) is 13.2. The minimum Gasteiger partial charge on any atom is -0.463 e. The van der Waals surface area contributed by atoms with Crippen molar-refractivity contribution in [1.29, 1.82) is 0 Å². The number of amidine groups is 1. The molecule has 0 saturated heterocycles. The van der Waals surface area contributed by atoms with Crippen LogP contribution in [0.1, 0.15) is 44.1 Å². The monoisotopic (exact) mass is 498 g/mol. The molecule has 0 aliphatic carbocycles. The van der Waals surface area contributed by atoms with Gasteiger partial charge in [-0.25, -0.2) is 19.5 Å². The van der Waals surface area contributed by atoms with Crippen molar-refractivity contribution in [2.75, 3.05) is 11.9 Å². The molecule has 2 N–H and O–H groups in total. The average Bonchev–Trinajstić information content (AvgIpc) is 3.52. The van der Waals surface area contributed by atoms with Crippen LogP contribution in [0.2, 0.25) is 0 Å². The number of furan rings is 1. The van der Waals surface area contributed by atoms with Gasteiger partial charge in [0.25, 0.3) is 5.91 Å². The highest BCUT2D eigenvalue weighted by molar-refractivity contribution is 6.26. The second-order valence-corrected chi connectivity index (χ2v) is 8.73. The Morgan fingerprint density at radius 1 is 1.19 bits per heavy atom. The standard InChI is InChI=1S/C27H26N6O4/c1-5-36-27(35)23-16(4)29-19-9-6-7-10-20(19)30-24(23)32-26(34)17-13-21(22-11-8-12-37-22)31-25-18(17)14-28-33(25)15(2)3/h6-15,29H,5H2,1-4H3,(H,30,32,34). The van der Waals surface area contributed by atoms with E-state index in [0.717, 1.165) is 0 Å². The minimum atomic E-state index is -0.594. The van der Waals surface area contributed by atoms with Crippen LogP contribution in [0.5, 0.6) is 0 Å². The number of nitrogens with zero attached hydrogens (tertiary/aromatic N) is 4. The number of benzene rings is 1. The maximum absolute atomic E-state index is 13.8. The first-order chi connectivity index (χ1) is 17.9. The quantitative estimate of drug-likeness (QED) is 0.371. The molecule has 0 saturated carbocycles. The van der Waals surface area contributed by atoms with Crippen LogP contribution in [0.4, 0.5) is 11.4 Å². The lowest BCUT2D eigenvalue weighted by atomic mass is 10.1. The van der Waals surface area contributed by atoms with E-state index in [0.29, 0.717) is 45.1 Å². The Morgan fingerprint density at radius 2 is 2.00 bits per heavy atom. The number of fused-ring (bicyclic) bond motifs is 2. The Morgan fingerprint density at radius 3 is 2.73 bits per heavy atom. The largest absolute Gasteiger partial charge is 0.463 e. The van der Waals surface area contributed by atoms with Crippen LogP contribution in [0.15, 0.2) is 75.6 Å². The predicted octanol–water partition coefficient (Wildman–Crippen LogP) is 4.99. The van der Waals surface area contributed by atoms with E-state index in [1.807, 2.05) is 32.0 Å². The molecule has 1 aliphatic rings. The molecule has 0 unspecified atom stereocenters. The van der Waals surface area contributed by atoms with Crippen molar-refractivity contribution in [3.63, 3.8) is 0 Å². The summed E-state index contributed by atoms with van der Waals surface area (Å²) >= 11 is 0. The molecular formula is C27H26N6O4. The fraction of sp³-hybridized carbons (Fsp3) is 0.222. The average molecular weight is 499 g/mol. The molecule has 4 aromatic rings. The van der Waals surface area contributed by atoms with Crippen LogP contribution in [0.25, 0.3) is 22.5 Å². The number of ether oxygens (including phenoxy) is 1. The van der Waals surface area contributed by atoms with Gasteiger partial charge in [-0.05, 0) is 58.0 Å². The van der Waals surface area contributed by atoms with Crippen LogP contribution >= 0.6 is 0 Å². The molecule has 0 atom stereocenters. The zero-order valence-electron chi connectivity index (χ0n) is 20.9. The number of nitrogens with one attached hydrogen (secondary N) is 2. The number of amides is 1. The van der Waals surface area contributed by atoms with Crippen LogP contribution < -0.4 is 10.6 Å². The van der Waals surface area contributed by atoms with Gasteiger partial charge in [0.05, 0.1) is 41.4 Å². The molecule has 0 fully saturated rings. The molecule has 0 radical (unpaired) electrons. The van der Waals surface area contributed by atoms with Crippen molar-refractivity contribution < 1.29 is 18.7 Å². The molecule has 0 spiro atoms. The lowest BCUT2D eigenvalue weighted by Gasteiger charge is -2.14. The van der Waals surface area contributed by atoms with E-state index in [9.17, 15) is 9.59 Å². The molecule has 0 bridgehead atoms. The number of allylic oxidation sites excluding steroid dienone is 1. The van der Waals surface area contributed by atoms with E-state index in [1.165, 1.54) is 0 Å². The van der Waals surface area contributed by atoms with Crippen LogP contribution in [-0.4, -0.2) is 39.1 Å². The Hall–Kier alpha value is -4.73. The van der Waals surface area contributed by atoms with Crippen LogP contribution in [-0.2, 0) is 9.53 Å². The number of anilines is 1. The summed E-state index contributed by atoms with van der Waals surface area (Å²) in [5.41, 5.74) is 3.26. The number of aliphatic imine (C=N–C) groups is 1. The Labute approximate surface area is 213 Å². The zero-order chi connectivity index (χ0) is 26.1. The Bertz CT molecular complexity index is 1560. The van der Waals surface area contributed by atoms with Gasteiger partial charge in [-0.3, -0.25) is 4.79 Å². The molecular weight excluding hydrogens is 472 g/mol. The highest BCUT2D eigenvalue weighted by atomic mass is 16.5. The van der Waals surface area contributed by atoms with Gasteiger partial charge in [-0.15, -0.1) is 0 Å². The summed E-state index contributed by atoms with van der Waals surface area (Å²) in [6, 6.07) is 12.5. The summed E-state index contributed by atoms with van der Waals surface area (Å²) in [4.78, 5) is 36.1.